The molecule has 0 saturated heterocycles. The van der Waals surface area contributed by atoms with Crippen molar-refractivity contribution in [3.05, 3.63) is 0 Å². The van der Waals surface area contributed by atoms with Crippen molar-refractivity contribution >= 4 is 6.01 Å². The fourth-order valence-corrected chi connectivity index (χ4v) is 0.634. The Morgan fingerprint density at radius 2 is 2.22 bits per heavy atom. The molecule has 52 valence electrons. The summed E-state index contributed by atoms with van der Waals surface area (Å²) < 4.78 is 0. The number of nitrogens with one attached hydrogen (secondary N) is 1. The fraction of sp³-hybridized carbons (Fsp3) is 0.857. The van der Waals surface area contributed by atoms with Crippen molar-refractivity contribution in [1.29, 1.82) is 5.41 Å². The number of hydrogen-bond donors (Lipinski definition) is 1. The molecule has 0 aliphatic rings. The minimum absolute atomic E-state index is 0.755. The third kappa shape index (κ3) is 7.38. The number of rotatable bonds is 4. The lowest BCUT2D eigenvalue weighted by atomic mass is 10.1. The Labute approximate surface area is 56.5 Å². The van der Waals surface area contributed by atoms with E-state index in [1.165, 1.54) is 6.42 Å². The third-order valence-corrected chi connectivity index (χ3v) is 1.13. The molecule has 1 N–H and O–H groups in total. The summed E-state index contributed by atoms with van der Waals surface area (Å²) >= 11 is 0. The number of aliphatic imine (C=N–C) groups is 1. The zero-order chi connectivity index (χ0) is 7.11. The summed E-state index contributed by atoms with van der Waals surface area (Å²) in [6.07, 6.45) is 2.29. The predicted octanol–water partition coefficient (Wildman–Crippen LogP) is 2.18. The summed E-state index contributed by atoms with van der Waals surface area (Å²) in [6.45, 7) is 5.14. The molecule has 0 fully saturated rings. The summed E-state index contributed by atoms with van der Waals surface area (Å²) in [5, 5.41) is 6.47. The van der Waals surface area contributed by atoms with Gasteiger partial charge in [-0.25, -0.2) is 10.4 Å². The van der Waals surface area contributed by atoms with E-state index in [0.717, 1.165) is 18.9 Å². The smallest absolute Gasteiger partial charge is 0.0861 e. The van der Waals surface area contributed by atoms with Gasteiger partial charge in [-0.3, -0.25) is 0 Å². The monoisotopic (exact) mass is 126 g/mol. The Hall–Kier alpha value is -0.620. The van der Waals surface area contributed by atoms with E-state index in [1.807, 2.05) is 6.01 Å². The van der Waals surface area contributed by atoms with Crippen molar-refractivity contribution in [1.82, 2.24) is 0 Å². The second-order valence-corrected chi connectivity index (χ2v) is 2.53. The molecule has 0 aliphatic heterocycles. The maximum absolute atomic E-state index is 6.47. The minimum Gasteiger partial charge on any atom is -0.242 e. The molecule has 0 aromatic carbocycles. The van der Waals surface area contributed by atoms with Crippen LogP contribution in [0.2, 0.25) is 0 Å². The van der Waals surface area contributed by atoms with E-state index in [9.17, 15) is 0 Å². The van der Waals surface area contributed by atoms with Crippen LogP contribution in [0.3, 0.4) is 0 Å². The van der Waals surface area contributed by atoms with Crippen LogP contribution in [0.25, 0.3) is 0 Å². The van der Waals surface area contributed by atoms with Gasteiger partial charge in [-0.2, -0.15) is 0 Å². The van der Waals surface area contributed by atoms with Gasteiger partial charge in [0.2, 0.25) is 0 Å². The van der Waals surface area contributed by atoms with Crippen molar-refractivity contribution in [2.24, 2.45) is 10.9 Å². The van der Waals surface area contributed by atoms with Gasteiger partial charge < -0.3 is 0 Å². The van der Waals surface area contributed by atoms with Gasteiger partial charge in [-0.15, -0.1) is 0 Å². The molecule has 0 saturated carbocycles. The lowest BCUT2D eigenvalue weighted by molar-refractivity contribution is 0.562. The second kappa shape index (κ2) is 5.52. The standard InChI is InChI=1S/C7H14N2/c1-7(2)4-3-5-9-6-8/h7-8H,3-5H2,1-2H3. The van der Waals surface area contributed by atoms with Crippen LogP contribution in [0.5, 0.6) is 0 Å². The summed E-state index contributed by atoms with van der Waals surface area (Å²) in [5.41, 5.74) is 0. The number of nitrogens with zero attached hydrogens (tertiary/aromatic N) is 1. The highest BCUT2D eigenvalue weighted by atomic mass is 14.7. The molecule has 0 bridgehead atoms. The molecule has 0 atom stereocenters. The van der Waals surface area contributed by atoms with Crippen LogP contribution in [0.4, 0.5) is 0 Å². The van der Waals surface area contributed by atoms with Crippen molar-refractivity contribution in [2.75, 3.05) is 6.54 Å². The zero-order valence-corrected chi connectivity index (χ0v) is 6.15. The highest BCUT2D eigenvalue weighted by Crippen LogP contribution is 2.02. The maximum atomic E-state index is 6.47. The van der Waals surface area contributed by atoms with Crippen molar-refractivity contribution in [3.8, 4) is 0 Å². The molecule has 2 heteroatoms. The average molecular weight is 126 g/mol. The van der Waals surface area contributed by atoms with E-state index < -0.39 is 0 Å². The van der Waals surface area contributed by atoms with Crippen LogP contribution in [0.15, 0.2) is 4.99 Å². The Kier molecular flexibility index (Phi) is 5.14. The van der Waals surface area contributed by atoms with Crippen LogP contribution in [-0.2, 0) is 0 Å². The predicted molar refractivity (Wildman–Crippen MR) is 39.1 cm³/mol. The van der Waals surface area contributed by atoms with Gasteiger partial charge in [0.25, 0.3) is 0 Å². The molecule has 0 aliphatic carbocycles. The molecule has 0 aromatic rings. The van der Waals surface area contributed by atoms with Crippen molar-refractivity contribution in [2.45, 2.75) is 26.7 Å². The van der Waals surface area contributed by atoms with Gasteiger partial charge in [0.05, 0.1) is 6.01 Å². The van der Waals surface area contributed by atoms with Gasteiger partial charge in [0.1, 0.15) is 0 Å². The Bertz CT molecular complexity index is 101. The molecule has 0 rings (SSSR count). The third-order valence-electron chi connectivity index (χ3n) is 1.13. The fourth-order valence-electron chi connectivity index (χ4n) is 0.634. The van der Waals surface area contributed by atoms with Gasteiger partial charge in [0, 0.05) is 6.54 Å². The molecule has 0 heterocycles. The van der Waals surface area contributed by atoms with Crippen LogP contribution in [0.1, 0.15) is 26.7 Å². The molecule has 2 nitrogen and oxygen atoms in total. The van der Waals surface area contributed by atoms with Crippen LogP contribution in [0, 0.1) is 11.3 Å². The lowest BCUT2D eigenvalue weighted by Crippen LogP contribution is -1.88. The Balaban J connectivity index is 3.00. The van der Waals surface area contributed by atoms with E-state index in [-0.39, 0.29) is 0 Å². The summed E-state index contributed by atoms with van der Waals surface area (Å²) in [6, 6.07) is 2.02. The SMILES string of the molecule is CC(C)CCCN=C=N. The first-order valence-corrected chi connectivity index (χ1v) is 3.35. The summed E-state index contributed by atoms with van der Waals surface area (Å²) in [7, 11) is 0. The highest BCUT2D eigenvalue weighted by Gasteiger charge is 1.90. The normalized spacial score (nSPS) is 9.22. The molecule has 0 spiro atoms. The van der Waals surface area contributed by atoms with Crippen LogP contribution >= 0.6 is 0 Å². The lowest BCUT2D eigenvalue weighted by Gasteiger charge is -1.98. The first kappa shape index (κ1) is 8.38. The summed E-state index contributed by atoms with van der Waals surface area (Å²) in [4.78, 5) is 3.66. The van der Waals surface area contributed by atoms with Gasteiger partial charge in [0.15, 0.2) is 0 Å². The Morgan fingerprint density at radius 1 is 1.56 bits per heavy atom. The van der Waals surface area contributed by atoms with Crippen molar-refractivity contribution in [3.63, 3.8) is 0 Å². The van der Waals surface area contributed by atoms with E-state index in [1.54, 1.807) is 0 Å². The molecular formula is C7H14N2. The largest absolute Gasteiger partial charge is 0.242 e. The Morgan fingerprint density at radius 3 is 2.67 bits per heavy atom. The molecular weight excluding hydrogens is 112 g/mol. The average Bonchev–Trinajstić information content (AvgIpc) is 1.80. The quantitative estimate of drug-likeness (QED) is 0.442. The zero-order valence-electron chi connectivity index (χ0n) is 6.15. The highest BCUT2D eigenvalue weighted by molar-refractivity contribution is 5.35. The maximum Gasteiger partial charge on any atom is 0.0861 e. The summed E-state index contributed by atoms with van der Waals surface area (Å²) in [5.74, 6) is 0.755. The van der Waals surface area contributed by atoms with Gasteiger partial charge >= 0.3 is 0 Å². The second-order valence-electron chi connectivity index (χ2n) is 2.53. The molecule has 0 unspecified atom stereocenters. The van der Waals surface area contributed by atoms with E-state index in [2.05, 4.69) is 18.8 Å². The molecule has 9 heavy (non-hydrogen) atoms. The molecule has 0 amide bonds. The van der Waals surface area contributed by atoms with Gasteiger partial charge in [-0.1, -0.05) is 13.8 Å². The van der Waals surface area contributed by atoms with E-state index in [0.29, 0.717) is 0 Å². The minimum atomic E-state index is 0.755. The van der Waals surface area contributed by atoms with Crippen LogP contribution < -0.4 is 0 Å². The van der Waals surface area contributed by atoms with Gasteiger partial charge in [-0.05, 0) is 18.8 Å². The van der Waals surface area contributed by atoms with Crippen molar-refractivity contribution < 1.29 is 0 Å². The first-order chi connectivity index (χ1) is 4.27. The van der Waals surface area contributed by atoms with Crippen LogP contribution in [-0.4, -0.2) is 12.6 Å². The molecule has 0 radical (unpaired) electrons. The number of hydrogen-bond acceptors (Lipinski definition) is 2. The van der Waals surface area contributed by atoms with E-state index in [4.69, 9.17) is 5.41 Å². The topological polar surface area (TPSA) is 36.2 Å². The molecule has 0 aromatic heterocycles. The van der Waals surface area contributed by atoms with E-state index >= 15 is 0 Å². The first-order valence-electron chi connectivity index (χ1n) is 3.35.